The number of aliphatic hydroxyl groups excluding tert-OH is 1. The molecule has 0 spiro atoms. The Morgan fingerprint density at radius 1 is 1.12 bits per heavy atom. The molecule has 2 aromatic rings. The third kappa shape index (κ3) is 3.30. The van der Waals surface area contributed by atoms with Gasteiger partial charge in [0.2, 0.25) is 0 Å². The van der Waals surface area contributed by atoms with Crippen LogP contribution in [0.25, 0.3) is 10.8 Å². The minimum atomic E-state index is 0.340. The highest BCUT2D eigenvalue weighted by atomic mass is 16.3. The van der Waals surface area contributed by atoms with Crippen molar-refractivity contribution in [2.45, 2.75) is 52.5 Å². The molecule has 4 rings (SSSR count). The summed E-state index contributed by atoms with van der Waals surface area (Å²) < 4.78 is 0. The molecule has 0 amide bonds. The van der Waals surface area contributed by atoms with E-state index < -0.39 is 0 Å². The minimum absolute atomic E-state index is 0.340. The largest absolute Gasteiger partial charge is 0.396 e. The number of rotatable bonds is 5. The van der Waals surface area contributed by atoms with Gasteiger partial charge in [-0.3, -0.25) is 0 Å². The van der Waals surface area contributed by atoms with Crippen molar-refractivity contribution in [3.63, 3.8) is 0 Å². The van der Waals surface area contributed by atoms with Gasteiger partial charge < -0.3 is 10.4 Å². The molecule has 1 aliphatic heterocycles. The van der Waals surface area contributed by atoms with E-state index in [-0.39, 0.29) is 0 Å². The second-order valence-corrected chi connectivity index (χ2v) is 8.73. The van der Waals surface area contributed by atoms with Crippen LogP contribution in [0.5, 0.6) is 0 Å². The van der Waals surface area contributed by atoms with Gasteiger partial charge in [-0.15, -0.1) is 0 Å². The molecule has 0 bridgehead atoms. The Balaban J connectivity index is 1.65. The number of nitrogens with one attached hydrogen (secondary N) is 1. The lowest BCUT2D eigenvalue weighted by Crippen LogP contribution is -2.35. The van der Waals surface area contributed by atoms with Gasteiger partial charge in [0.15, 0.2) is 0 Å². The lowest BCUT2D eigenvalue weighted by molar-refractivity contribution is 0.0647. The molecule has 2 heteroatoms. The van der Waals surface area contributed by atoms with Crippen LogP contribution in [-0.2, 0) is 12.8 Å². The van der Waals surface area contributed by atoms with Gasteiger partial charge in [0, 0.05) is 19.2 Å². The molecule has 1 heterocycles. The highest BCUT2D eigenvalue weighted by Gasteiger charge is 2.34. The van der Waals surface area contributed by atoms with Crippen molar-refractivity contribution in [3.8, 4) is 0 Å². The monoisotopic (exact) mass is 351 g/mol. The highest BCUT2D eigenvalue weighted by Crippen LogP contribution is 2.41. The van der Waals surface area contributed by atoms with E-state index in [1.807, 2.05) is 0 Å². The summed E-state index contributed by atoms with van der Waals surface area (Å²) in [5, 5.41) is 16.2. The lowest BCUT2D eigenvalue weighted by atomic mass is 9.66. The summed E-state index contributed by atoms with van der Waals surface area (Å²) >= 11 is 0. The van der Waals surface area contributed by atoms with Gasteiger partial charge >= 0.3 is 0 Å². The third-order valence-corrected chi connectivity index (χ3v) is 7.23. The number of hydrogen-bond acceptors (Lipinski definition) is 2. The van der Waals surface area contributed by atoms with Gasteiger partial charge in [-0.25, -0.2) is 0 Å². The molecular formula is C24H33NO. The zero-order chi connectivity index (χ0) is 18.3. The molecule has 0 aromatic heterocycles. The summed E-state index contributed by atoms with van der Waals surface area (Å²) in [6, 6.07) is 12.3. The summed E-state index contributed by atoms with van der Waals surface area (Å²) in [7, 11) is 0. The molecule has 140 valence electrons. The number of fused-ring (bicyclic) bond motifs is 1. The van der Waals surface area contributed by atoms with Crippen LogP contribution in [0.3, 0.4) is 0 Å². The van der Waals surface area contributed by atoms with E-state index in [1.54, 1.807) is 0 Å². The second kappa shape index (κ2) is 7.32. The van der Waals surface area contributed by atoms with Gasteiger partial charge in [0.25, 0.3) is 0 Å². The number of hydrogen-bond donors (Lipinski definition) is 2. The Morgan fingerprint density at radius 3 is 2.62 bits per heavy atom. The fourth-order valence-electron chi connectivity index (χ4n) is 5.21. The fraction of sp³-hybridized carbons (Fsp3) is 0.583. The van der Waals surface area contributed by atoms with Crippen molar-refractivity contribution in [2.24, 2.45) is 23.7 Å². The van der Waals surface area contributed by atoms with Crippen molar-refractivity contribution in [2.75, 3.05) is 13.2 Å². The van der Waals surface area contributed by atoms with Crippen LogP contribution in [0.2, 0.25) is 0 Å². The van der Waals surface area contributed by atoms with E-state index in [1.165, 1.54) is 40.3 Å². The highest BCUT2D eigenvalue weighted by molar-refractivity contribution is 5.88. The summed E-state index contributed by atoms with van der Waals surface area (Å²) in [6.45, 7) is 8.48. The Hall–Kier alpha value is -1.38. The van der Waals surface area contributed by atoms with E-state index in [0.29, 0.717) is 30.4 Å². The van der Waals surface area contributed by atoms with E-state index in [2.05, 4.69) is 56.4 Å². The molecule has 2 N–H and O–H groups in total. The SMILES string of the molecule is CCc1ccc2cc(CC3C(CO)CCC(C)C3C)ccc2c1C1CN1. The van der Waals surface area contributed by atoms with Crippen molar-refractivity contribution < 1.29 is 5.11 Å². The maximum atomic E-state index is 9.87. The smallest absolute Gasteiger partial charge is 0.0462 e. The summed E-state index contributed by atoms with van der Waals surface area (Å²) in [4.78, 5) is 0. The van der Waals surface area contributed by atoms with Crippen LogP contribution < -0.4 is 5.32 Å². The van der Waals surface area contributed by atoms with Crippen LogP contribution in [-0.4, -0.2) is 18.3 Å². The van der Waals surface area contributed by atoms with Gasteiger partial charge in [-0.2, -0.15) is 0 Å². The predicted molar refractivity (Wildman–Crippen MR) is 109 cm³/mol. The van der Waals surface area contributed by atoms with Gasteiger partial charge in [0.1, 0.15) is 0 Å². The van der Waals surface area contributed by atoms with E-state index in [4.69, 9.17) is 0 Å². The molecule has 5 unspecified atom stereocenters. The molecule has 26 heavy (non-hydrogen) atoms. The summed E-state index contributed by atoms with van der Waals surface area (Å²) in [5.74, 6) is 2.51. The number of benzene rings is 2. The number of aryl methyl sites for hydroxylation is 1. The summed E-state index contributed by atoms with van der Waals surface area (Å²) in [6.07, 6.45) is 4.63. The standard InChI is InChI=1S/C24H33NO/c1-4-18-8-9-19-11-17(6-10-21(19)24(18)23-13-25-23)12-22-16(3)15(2)5-7-20(22)14-26/h6,8-11,15-16,20,22-23,25-26H,4-5,7,12-14H2,1-3H3. The Labute approximate surface area is 158 Å². The van der Waals surface area contributed by atoms with Gasteiger partial charge in [-0.1, -0.05) is 57.5 Å². The van der Waals surface area contributed by atoms with Gasteiger partial charge in [0.05, 0.1) is 0 Å². The van der Waals surface area contributed by atoms with E-state index >= 15 is 0 Å². The van der Waals surface area contributed by atoms with Crippen molar-refractivity contribution in [3.05, 3.63) is 47.0 Å². The molecule has 5 atom stereocenters. The van der Waals surface area contributed by atoms with Crippen LogP contribution in [0.1, 0.15) is 56.3 Å². The topological polar surface area (TPSA) is 42.2 Å². The van der Waals surface area contributed by atoms with E-state index in [9.17, 15) is 5.11 Å². The van der Waals surface area contributed by atoms with Gasteiger partial charge in [-0.05, 0) is 70.4 Å². The maximum absolute atomic E-state index is 9.87. The molecule has 2 aromatic carbocycles. The van der Waals surface area contributed by atoms with Crippen molar-refractivity contribution in [1.29, 1.82) is 0 Å². The molecule has 2 nitrogen and oxygen atoms in total. The van der Waals surface area contributed by atoms with Crippen LogP contribution in [0.15, 0.2) is 30.3 Å². The van der Waals surface area contributed by atoms with Crippen LogP contribution >= 0.6 is 0 Å². The first-order valence-corrected chi connectivity index (χ1v) is 10.5. The quantitative estimate of drug-likeness (QED) is 0.754. The average Bonchev–Trinajstić information content (AvgIpc) is 3.49. The molecular weight excluding hydrogens is 318 g/mol. The maximum Gasteiger partial charge on any atom is 0.0462 e. The normalized spacial score (nSPS) is 31.3. The third-order valence-electron chi connectivity index (χ3n) is 7.23. The molecule has 1 saturated heterocycles. The predicted octanol–water partition coefficient (Wildman–Crippen LogP) is 4.88. The zero-order valence-corrected chi connectivity index (χ0v) is 16.5. The number of aliphatic hydroxyl groups is 1. The van der Waals surface area contributed by atoms with E-state index in [0.717, 1.165) is 25.3 Å². The second-order valence-electron chi connectivity index (χ2n) is 8.73. The van der Waals surface area contributed by atoms with Crippen LogP contribution in [0, 0.1) is 23.7 Å². The van der Waals surface area contributed by atoms with Crippen molar-refractivity contribution in [1.82, 2.24) is 5.32 Å². The van der Waals surface area contributed by atoms with Crippen LogP contribution in [0.4, 0.5) is 0 Å². The van der Waals surface area contributed by atoms with Crippen molar-refractivity contribution >= 4 is 10.8 Å². The minimum Gasteiger partial charge on any atom is -0.396 e. The molecule has 2 aliphatic rings. The first-order chi connectivity index (χ1) is 12.6. The Morgan fingerprint density at radius 2 is 1.92 bits per heavy atom. The molecule has 2 fully saturated rings. The zero-order valence-electron chi connectivity index (χ0n) is 16.5. The molecule has 1 saturated carbocycles. The first-order valence-electron chi connectivity index (χ1n) is 10.5. The molecule has 0 radical (unpaired) electrons. The summed E-state index contributed by atoms with van der Waals surface area (Å²) in [5.41, 5.74) is 4.43. The Bertz CT molecular complexity index is 777. The first kappa shape index (κ1) is 18.0. The molecule has 1 aliphatic carbocycles. The Kier molecular flexibility index (Phi) is 5.07. The fourth-order valence-corrected chi connectivity index (χ4v) is 5.21. The average molecular weight is 352 g/mol. The lowest BCUT2D eigenvalue weighted by Gasteiger charge is -2.40.